The third-order valence-corrected chi connectivity index (χ3v) is 4.37. The largest absolute Gasteiger partial charge is 0.466 e. The fourth-order valence-corrected chi connectivity index (χ4v) is 2.79. The Balaban J connectivity index is 1.72. The van der Waals surface area contributed by atoms with Gasteiger partial charge in [0.05, 0.1) is 5.69 Å². The third kappa shape index (κ3) is 2.66. The number of para-hydroxylation sites is 2. The van der Waals surface area contributed by atoms with E-state index in [2.05, 4.69) is 22.6 Å². The SMILES string of the molecule is CN1CCC(NC(=O)C2(C)Oc3ccccc3NC2=O)CC1. The van der Waals surface area contributed by atoms with E-state index in [1.165, 1.54) is 6.92 Å². The molecule has 22 heavy (non-hydrogen) atoms. The van der Waals surface area contributed by atoms with Crippen LogP contribution in [0.5, 0.6) is 5.75 Å². The number of nitrogens with one attached hydrogen (secondary N) is 2. The van der Waals surface area contributed by atoms with E-state index in [1.807, 2.05) is 12.1 Å². The number of ether oxygens (including phenoxy) is 1. The Morgan fingerprint density at radius 1 is 1.36 bits per heavy atom. The molecule has 0 saturated carbocycles. The van der Waals surface area contributed by atoms with Crippen LogP contribution in [0.2, 0.25) is 0 Å². The van der Waals surface area contributed by atoms with Crippen molar-refractivity contribution in [2.75, 3.05) is 25.5 Å². The highest BCUT2D eigenvalue weighted by atomic mass is 16.5. The first-order chi connectivity index (χ1) is 10.5. The second-order valence-electron chi connectivity index (χ2n) is 6.14. The molecular formula is C16H21N3O3. The van der Waals surface area contributed by atoms with Gasteiger partial charge in [-0.15, -0.1) is 0 Å². The molecule has 2 N–H and O–H groups in total. The van der Waals surface area contributed by atoms with Crippen molar-refractivity contribution in [2.24, 2.45) is 0 Å². The van der Waals surface area contributed by atoms with Gasteiger partial charge in [0.2, 0.25) is 0 Å². The van der Waals surface area contributed by atoms with Crippen LogP contribution in [0.15, 0.2) is 24.3 Å². The fraction of sp³-hybridized carbons (Fsp3) is 0.500. The van der Waals surface area contributed by atoms with Gasteiger partial charge in [-0.05, 0) is 52.0 Å². The number of fused-ring (bicyclic) bond motifs is 1. The molecule has 1 aromatic carbocycles. The Bertz CT molecular complexity index is 596. The number of anilines is 1. The summed E-state index contributed by atoms with van der Waals surface area (Å²) < 4.78 is 5.72. The zero-order valence-electron chi connectivity index (χ0n) is 12.9. The van der Waals surface area contributed by atoms with Gasteiger partial charge in [-0.3, -0.25) is 9.59 Å². The summed E-state index contributed by atoms with van der Waals surface area (Å²) in [5.74, 6) is -0.297. The van der Waals surface area contributed by atoms with E-state index in [0.29, 0.717) is 11.4 Å². The highest BCUT2D eigenvalue weighted by molar-refractivity contribution is 6.15. The molecule has 0 bridgehead atoms. The van der Waals surface area contributed by atoms with Crippen LogP contribution in [0.3, 0.4) is 0 Å². The van der Waals surface area contributed by atoms with Gasteiger partial charge < -0.3 is 20.3 Å². The molecule has 1 aromatic rings. The van der Waals surface area contributed by atoms with E-state index in [9.17, 15) is 9.59 Å². The van der Waals surface area contributed by atoms with E-state index in [1.54, 1.807) is 12.1 Å². The molecule has 0 radical (unpaired) electrons. The lowest BCUT2D eigenvalue weighted by atomic mass is 9.99. The normalized spacial score (nSPS) is 25.8. The topological polar surface area (TPSA) is 70.7 Å². The van der Waals surface area contributed by atoms with Crippen LogP contribution < -0.4 is 15.4 Å². The number of likely N-dealkylation sites (tertiary alicyclic amines) is 1. The van der Waals surface area contributed by atoms with E-state index in [4.69, 9.17) is 4.74 Å². The van der Waals surface area contributed by atoms with Gasteiger partial charge in [0.15, 0.2) is 0 Å². The summed E-state index contributed by atoms with van der Waals surface area (Å²) in [4.78, 5) is 27.1. The summed E-state index contributed by atoms with van der Waals surface area (Å²) in [6.07, 6.45) is 1.77. The molecule has 2 aliphatic heterocycles. The van der Waals surface area contributed by atoms with Crippen molar-refractivity contribution in [3.63, 3.8) is 0 Å². The van der Waals surface area contributed by atoms with Crippen LogP contribution >= 0.6 is 0 Å². The predicted molar refractivity (Wildman–Crippen MR) is 82.8 cm³/mol. The average Bonchev–Trinajstić information content (AvgIpc) is 2.50. The van der Waals surface area contributed by atoms with Gasteiger partial charge in [-0.1, -0.05) is 12.1 Å². The molecule has 3 rings (SSSR count). The highest BCUT2D eigenvalue weighted by Gasteiger charge is 2.47. The number of benzene rings is 1. The first kappa shape index (κ1) is 14.8. The number of rotatable bonds is 2. The number of piperidine rings is 1. The molecular weight excluding hydrogens is 282 g/mol. The summed E-state index contributed by atoms with van der Waals surface area (Å²) in [5.41, 5.74) is -0.936. The van der Waals surface area contributed by atoms with Gasteiger partial charge >= 0.3 is 0 Å². The number of carbonyl (C=O) groups is 2. The van der Waals surface area contributed by atoms with Crippen molar-refractivity contribution in [1.82, 2.24) is 10.2 Å². The molecule has 1 unspecified atom stereocenters. The van der Waals surface area contributed by atoms with Gasteiger partial charge in [-0.25, -0.2) is 0 Å². The van der Waals surface area contributed by atoms with Crippen molar-refractivity contribution in [1.29, 1.82) is 0 Å². The quantitative estimate of drug-likeness (QED) is 0.799. The van der Waals surface area contributed by atoms with Crippen molar-refractivity contribution in [2.45, 2.75) is 31.4 Å². The number of hydrogen-bond acceptors (Lipinski definition) is 4. The van der Waals surface area contributed by atoms with Gasteiger partial charge in [-0.2, -0.15) is 0 Å². The fourth-order valence-electron chi connectivity index (χ4n) is 2.79. The minimum Gasteiger partial charge on any atom is -0.466 e. The standard InChI is InChI=1S/C16H21N3O3/c1-16(14(20)17-11-7-9-19(2)10-8-11)15(21)18-12-5-3-4-6-13(12)22-16/h3-6,11H,7-10H2,1-2H3,(H,17,20)(H,18,21). The lowest BCUT2D eigenvalue weighted by Crippen LogP contribution is -2.61. The van der Waals surface area contributed by atoms with Gasteiger partial charge in [0, 0.05) is 6.04 Å². The van der Waals surface area contributed by atoms with Crippen LogP contribution in [0.1, 0.15) is 19.8 Å². The number of amides is 2. The zero-order chi connectivity index (χ0) is 15.7. The molecule has 2 aliphatic rings. The maximum absolute atomic E-state index is 12.6. The van der Waals surface area contributed by atoms with Gasteiger partial charge in [0.1, 0.15) is 5.75 Å². The molecule has 6 heteroatoms. The zero-order valence-corrected chi connectivity index (χ0v) is 12.9. The molecule has 2 amide bonds. The third-order valence-electron chi connectivity index (χ3n) is 4.37. The lowest BCUT2D eigenvalue weighted by Gasteiger charge is -2.36. The predicted octanol–water partition coefficient (Wildman–Crippen LogP) is 0.987. The number of carbonyl (C=O) groups excluding carboxylic acids is 2. The molecule has 118 valence electrons. The second-order valence-corrected chi connectivity index (χ2v) is 6.14. The highest BCUT2D eigenvalue weighted by Crippen LogP contribution is 2.33. The van der Waals surface area contributed by atoms with Crippen molar-refractivity contribution in [3.8, 4) is 5.75 Å². The molecule has 1 saturated heterocycles. The van der Waals surface area contributed by atoms with E-state index >= 15 is 0 Å². The summed E-state index contributed by atoms with van der Waals surface area (Å²) in [7, 11) is 2.06. The molecule has 0 aliphatic carbocycles. The smallest absolute Gasteiger partial charge is 0.278 e. The summed E-state index contributed by atoms with van der Waals surface area (Å²) in [5, 5.41) is 5.70. The molecule has 0 spiro atoms. The average molecular weight is 303 g/mol. The Labute approximate surface area is 129 Å². The maximum Gasteiger partial charge on any atom is 0.278 e. The molecule has 2 heterocycles. The first-order valence-electron chi connectivity index (χ1n) is 7.58. The van der Waals surface area contributed by atoms with Crippen molar-refractivity contribution in [3.05, 3.63) is 24.3 Å². The maximum atomic E-state index is 12.6. The van der Waals surface area contributed by atoms with Crippen LogP contribution in [0.25, 0.3) is 0 Å². The van der Waals surface area contributed by atoms with Gasteiger partial charge in [0.25, 0.3) is 17.4 Å². The second kappa shape index (κ2) is 5.61. The van der Waals surface area contributed by atoms with Crippen LogP contribution in [-0.4, -0.2) is 48.5 Å². The van der Waals surface area contributed by atoms with E-state index in [-0.39, 0.29) is 11.9 Å². The molecule has 1 atom stereocenters. The minimum atomic E-state index is -1.53. The number of hydrogen-bond donors (Lipinski definition) is 2. The van der Waals surface area contributed by atoms with E-state index < -0.39 is 11.5 Å². The van der Waals surface area contributed by atoms with E-state index in [0.717, 1.165) is 25.9 Å². The van der Waals surface area contributed by atoms with Crippen LogP contribution in [-0.2, 0) is 9.59 Å². The lowest BCUT2D eigenvalue weighted by molar-refractivity contribution is -0.147. The minimum absolute atomic E-state index is 0.0918. The summed E-state index contributed by atoms with van der Waals surface area (Å²) in [6.45, 7) is 3.40. The Morgan fingerprint density at radius 3 is 2.77 bits per heavy atom. The molecule has 1 fully saturated rings. The Morgan fingerprint density at radius 2 is 2.05 bits per heavy atom. The Hall–Kier alpha value is -2.08. The Kier molecular flexibility index (Phi) is 3.78. The molecule has 0 aromatic heterocycles. The summed E-state index contributed by atoms with van der Waals surface area (Å²) in [6, 6.07) is 7.21. The van der Waals surface area contributed by atoms with Crippen molar-refractivity contribution >= 4 is 17.5 Å². The first-order valence-corrected chi connectivity index (χ1v) is 7.58. The molecule has 6 nitrogen and oxygen atoms in total. The summed E-state index contributed by atoms with van der Waals surface area (Å²) >= 11 is 0. The van der Waals surface area contributed by atoms with Crippen LogP contribution in [0, 0.1) is 0 Å². The monoisotopic (exact) mass is 303 g/mol. The van der Waals surface area contributed by atoms with Crippen molar-refractivity contribution < 1.29 is 14.3 Å². The van der Waals surface area contributed by atoms with Crippen LogP contribution in [0.4, 0.5) is 5.69 Å². The number of nitrogens with zero attached hydrogens (tertiary/aromatic N) is 1.